The number of rotatable bonds is 7. The Bertz CT molecular complexity index is 542. The molecule has 24 heavy (non-hydrogen) atoms. The van der Waals surface area contributed by atoms with Crippen LogP contribution in [0.4, 0.5) is 0 Å². The number of methoxy groups -OCH3 is 2. The number of ether oxygens (including phenoxy) is 2. The molecule has 134 valence electrons. The molecular weight excluding hydrogens is 308 g/mol. The topological polar surface area (TPSA) is 59.8 Å². The molecule has 0 bridgehead atoms. The molecule has 1 aromatic heterocycles. The van der Waals surface area contributed by atoms with Gasteiger partial charge < -0.3 is 19.3 Å². The number of nitrogens with zero attached hydrogens (tertiary/aromatic N) is 4. The maximum atomic E-state index is 12.9. The lowest BCUT2D eigenvalue weighted by atomic mass is 10.2. The van der Waals surface area contributed by atoms with Crippen LogP contribution in [0.2, 0.25) is 0 Å². The van der Waals surface area contributed by atoms with Crippen molar-refractivity contribution < 1.29 is 14.3 Å². The van der Waals surface area contributed by atoms with Gasteiger partial charge in [0.1, 0.15) is 5.69 Å². The molecule has 3 rings (SSSR count). The lowest BCUT2D eigenvalue weighted by Gasteiger charge is -2.27. The molecule has 2 fully saturated rings. The zero-order valence-electron chi connectivity index (χ0n) is 14.7. The zero-order valence-corrected chi connectivity index (χ0v) is 14.7. The summed E-state index contributed by atoms with van der Waals surface area (Å²) >= 11 is 0. The Morgan fingerprint density at radius 3 is 2.83 bits per heavy atom. The van der Waals surface area contributed by atoms with Crippen LogP contribution in [0.1, 0.15) is 29.8 Å². The van der Waals surface area contributed by atoms with Crippen molar-refractivity contribution in [2.45, 2.75) is 38.0 Å². The molecule has 2 aliphatic rings. The predicted molar refractivity (Wildman–Crippen MR) is 90.0 cm³/mol. The van der Waals surface area contributed by atoms with Crippen LogP contribution in [0.25, 0.3) is 0 Å². The third-order valence-corrected chi connectivity index (χ3v) is 5.02. The van der Waals surface area contributed by atoms with Crippen molar-refractivity contribution in [2.24, 2.45) is 0 Å². The van der Waals surface area contributed by atoms with E-state index in [0.29, 0.717) is 25.4 Å². The van der Waals surface area contributed by atoms with E-state index < -0.39 is 0 Å². The lowest BCUT2D eigenvalue weighted by molar-refractivity contribution is 0.0663. The summed E-state index contributed by atoms with van der Waals surface area (Å²) < 4.78 is 12.3. The summed E-state index contributed by atoms with van der Waals surface area (Å²) in [6.07, 6.45) is 5.39. The second-order valence-electron chi connectivity index (χ2n) is 6.67. The largest absolute Gasteiger partial charge is 0.383 e. The van der Waals surface area contributed by atoms with Gasteiger partial charge in [-0.1, -0.05) is 0 Å². The van der Waals surface area contributed by atoms with E-state index in [2.05, 4.69) is 10.00 Å². The highest BCUT2D eigenvalue weighted by atomic mass is 16.5. The summed E-state index contributed by atoms with van der Waals surface area (Å²) in [6.45, 7) is 5.11. The summed E-state index contributed by atoms with van der Waals surface area (Å²) in [5.74, 6) is 0.00918. The minimum Gasteiger partial charge on any atom is -0.383 e. The van der Waals surface area contributed by atoms with Gasteiger partial charge in [-0.2, -0.15) is 5.10 Å². The van der Waals surface area contributed by atoms with Gasteiger partial charge in [0.15, 0.2) is 0 Å². The lowest BCUT2D eigenvalue weighted by Crippen LogP contribution is -2.42. The molecule has 7 heteroatoms. The summed E-state index contributed by atoms with van der Waals surface area (Å²) in [4.78, 5) is 17.3. The van der Waals surface area contributed by atoms with E-state index in [1.165, 1.54) is 12.8 Å². The Hall–Kier alpha value is -1.44. The van der Waals surface area contributed by atoms with E-state index in [9.17, 15) is 4.79 Å². The van der Waals surface area contributed by atoms with Crippen molar-refractivity contribution >= 4 is 5.91 Å². The highest BCUT2D eigenvalue weighted by Gasteiger charge is 2.37. The average Bonchev–Trinajstić information content (AvgIpc) is 3.33. The molecule has 1 amide bonds. The Kier molecular flexibility index (Phi) is 5.86. The standard InChI is InChI=1S/C17H28N4O3/c1-23-10-9-20-8-5-16(18-20)17(22)21-13-15(24-2)11-14(21)12-19-6-3-4-7-19/h5,8,14-15H,3-4,6-7,9-13H2,1-2H3/t14-,15-/m0/s1. The van der Waals surface area contributed by atoms with Crippen LogP contribution < -0.4 is 0 Å². The van der Waals surface area contributed by atoms with Gasteiger partial charge in [0.05, 0.1) is 19.3 Å². The fraction of sp³-hybridized carbons (Fsp3) is 0.765. The van der Waals surface area contributed by atoms with Crippen LogP contribution in [0.5, 0.6) is 0 Å². The fourth-order valence-corrected chi connectivity index (χ4v) is 3.66. The molecule has 0 unspecified atom stereocenters. The summed E-state index contributed by atoms with van der Waals surface area (Å²) in [5.41, 5.74) is 0.509. The number of aromatic nitrogens is 2. The van der Waals surface area contributed by atoms with Crippen molar-refractivity contribution in [1.29, 1.82) is 0 Å². The molecule has 2 saturated heterocycles. The van der Waals surface area contributed by atoms with Crippen molar-refractivity contribution in [3.05, 3.63) is 18.0 Å². The first-order valence-electron chi connectivity index (χ1n) is 8.79. The Morgan fingerprint density at radius 2 is 2.12 bits per heavy atom. The zero-order chi connectivity index (χ0) is 16.9. The molecule has 0 saturated carbocycles. The second-order valence-corrected chi connectivity index (χ2v) is 6.67. The third kappa shape index (κ3) is 3.96. The molecule has 2 aliphatic heterocycles. The number of likely N-dealkylation sites (tertiary alicyclic amines) is 2. The number of amides is 1. The summed E-state index contributed by atoms with van der Waals surface area (Å²) in [5, 5.41) is 4.40. The van der Waals surface area contributed by atoms with E-state index >= 15 is 0 Å². The number of carbonyl (C=O) groups excluding carboxylic acids is 1. The monoisotopic (exact) mass is 336 g/mol. The van der Waals surface area contributed by atoms with E-state index in [-0.39, 0.29) is 18.1 Å². The minimum atomic E-state index is 0.00918. The molecule has 0 aliphatic carbocycles. The van der Waals surface area contributed by atoms with Gasteiger partial charge in [0.2, 0.25) is 0 Å². The molecule has 1 aromatic rings. The van der Waals surface area contributed by atoms with Crippen molar-refractivity contribution in [2.75, 3.05) is 47.0 Å². The van der Waals surface area contributed by atoms with E-state index in [4.69, 9.17) is 9.47 Å². The maximum Gasteiger partial charge on any atom is 0.274 e. The maximum absolute atomic E-state index is 12.9. The molecule has 0 aromatic carbocycles. The number of hydrogen-bond donors (Lipinski definition) is 0. The van der Waals surface area contributed by atoms with Crippen LogP contribution >= 0.6 is 0 Å². The highest BCUT2D eigenvalue weighted by molar-refractivity contribution is 5.92. The summed E-state index contributed by atoms with van der Waals surface area (Å²) in [7, 11) is 3.39. The summed E-state index contributed by atoms with van der Waals surface area (Å²) in [6, 6.07) is 2.01. The Labute approximate surface area is 143 Å². The van der Waals surface area contributed by atoms with Gasteiger partial charge >= 0.3 is 0 Å². The molecule has 2 atom stereocenters. The van der Waals surface area contributed by atoms with E-state index in [0.717, 1.165) is 26.1 Å². The van der Waals surface area contributed by atoms with E-state index in [1.54, 1.807) is 25.0 Å². The van der Waals surface area contributed by atoms with Crippen LogP contribution in [0.15, 0.2) is 12.3 Å². The van der Waals surface area contributed by atoms with Crippen molar-refractivity contribution in [3.63, 3.8) is 0 Å². The number of carbonyl (C=O) groups is 1. The molecule has 0 radical (unpaired) electrons. The number of hydrogen-bond acceptors (Lipinski definition) is 5. The second kappa shape index (κ2) is 8.09. The van der Waals surface area contributed by atoms with E-state index in [1.807, 2.05) is 11.1 Å². The molecule has 0 N–H and O–H groups in total. The van der Waals surface area contributed by atoms with Gasteiger partial charge in [-0.3, -0.25) is 9.48 Å². The van der Waals surface area contributed by atoms with Gasteiger partial charge in [0, 0.05) is 39.5 Å². The minimum absolute atomic E-state index is 0.00918. The first-order valence-corrected chi connectivity index (χ1v) is 8.79. The quantitative estimate of drug-likeness (QED) is 0.739. The highest BCUT2D eigenvalue weighted by Crippen LogP contribution is 2.24. The van der Waals surface area contributed by atoms with Gasteiger partial charge in [-0.15, -0.1) is 0 Å². The predicted octanol–water partition coefficient (Wildman–Crippen LogP) is 0.855. The normalized spacial score (nSPS) is 24.8. The first-order chi connectivity index (χ1) is 11.7. The van der Waals surface area contributed by atoms with Crippen LogP contribution in [0, 0.1) is 0 Å². The van der Waals surface area contributed by atoms with Crippen LogP contribution in [-0.4, -0.2) is 84.6 Å². The Balaban J connectivity index is 1.66. The van der Waals surface area contributed by atoms with Crippen molar-refractivity contribution in [1.82, 2.24) is 19.6 Å². The van der Waals surface area contributed by atoms with Crippen LogP contribution in [0.3, 0.4) is 0 Å². The van der Waals surface area contributed by atoms with Crippen LogP contribution in [-0.2, 0) is 16.0 Å². The van der Waals surface area contributed by atoms with Crippen molar-refractivity contribution in [3.8, 4) is 0 Å². The van der Waals surface area contributed by atoms with Gasteiger partial charge in [0.25, 0.3) is 5.91 Å². The average molecular weight is 336 g/mol. The SMILES string of the molecule is COCCn1ccc(C(=O)N2C[C@@H](OC)C[C@H]2CN2CCCC2)n1. The molecular formula is C17H28N4O3. The third-order valence-electron chi connectivity index (χ3n) is 5.02. The van der Waals surface area contributed by atoms with Gasteiger partial charge in [-0.25, -0.2) is 0 Å². The van der Waals surface area contributed by atoms with Gasteiger partial charge in [-0.05, 0) is 38.4 Å². The smallest absolute Gasteiger partial charge is 0.274 e. The molecule has 0 spiro atoms. The Morgan fingerprint density at radius 1 is 1.33 bits per heavy atom. The fourth-order valence-electron chi connectivity index (χ4n) is 3.66. The first kappa shape index (κ1) is 17.4. The molecule has 3 heterocycles. The molecule has 7 nitrogen and oxygen atoms in total.